The topological polar surface area (TPSA) is 89.7 Å². The summed E-state index contributed by atoms with van der Waals surface area (Å²) in [5.74, 6) is 0. The Morgan fingerprint density at radius 2 is 1.92 bits per heavy atom. The van der Waals surface area contributed by atoms with Gasteiger partial charge in [-0.15, -0.1) is 0 Å². The molecule has 2 aromatic heterocycles. The molecule has 0 saturated carbocycles. The van der Waals surface area contributed by atoms with E-state index in [0.717, 1.165) is 22.6 Å². The maximum Gasteiger partial charge on any atom is 0.315 e. The highest BCUT2D eigenvalue weighted by molar-refractivity contribution is 5.73. The van der Waals surface area contributed by atoms with Gasteiger partial charge in [0.2, 0.25) is 0 Å². The lowest BCUT2D eigenvalue weighted by Crippen LogP contribution is -2.34. The van der Waals surface area contributed by atoms with E-state index >= 15 is 0 Å². The van der Waals surface area contributed by atoms with E-state index in [9.17, 15) is 4.79 Å². The summed E-state index contributed by atoms with van der Waals surface area (Å²) in [5.41, 5.74) is 3.60. The highest BCUT2D eigenvalue weighted by Gasteiger charge is 2.08. The van der Waals surface area contributed by atoms with Crippen molar-refractivity contribution in [3.8, 4) is 5.69 Å². The summed E-state index contributed by atoms with van der Waals surface area (Å²) in [6.45, 7) is 5.35. The molecule has 0 aliphatic carbocycles. The van der Waals surface area contributed by atoms with E-state index in [1.54, 1.807) is 11.0 Å². The number of hydrogen-bond donors (Lipinski definition) is 2. The Morgan fingerprint density at radius 1 is 1.12 bits per heavy atom. The number of para-hydroxylation sites is 1. The number of nitrogens with zero attached hydrogens (tertiary/aromatic N) is 5. The minimum atomic E-state index is -0.252. The molecule has 3 aromatic rings. The summed E-state index contributed by atoms with van der Waals surface area (Å²) < 4.78 is 1.81. The summed E-state index contributed by atoms with van der Waals surface area (Å²) in [4.78, 5) is 13.6. The monoisotopic (exact) mass is 339 g/mol. The fourth-order valence-corrected chi connectivity index (χ4v) is 2.41. The second-order valence-electron chi connectivity index (χ2n) is 5.59. The third-order valence-electron chi connectivity index (χ3n) is 3.70. The van der Waals surface area contributed by atoms with Crippen LogP contribution in [0.3, 0.4) is 0 Å². The van der Waals surface area contributed by atoms with Gasteiger partial charge in [-0.3, -0.25) is 0 Å². The Labute approximate surface area is 145 Å². The quantitative estimate of drug-likeness (QED) is 0.716. The van der Waals surface area contributed by atoms with Crippen LogP contribution in [0.2, 0.25) is 0 Å². The summed E-state index contributed by atoms with van der Waals surface area (Å²) in [5, 5.41) is 18.4. The molecule has 2 amide bonds. The Balaban J connectivity index is 1.57. The predicted octanol–water partition coefficient (Wildman–Crippen LogP) is 1.79. The van der Waals surface area contributed by atoms with Crippen molar-refractivity contribution >= 4 is 6.03 Å². The number of benzene rings is 1. The van der Waals surface area contributed by atoms with Crippen LogP contribution < -0.4 is 10.6 Å². The number of urea groups is 1. The van der Waals surface area contributed by atoms with Crippen molar-refractivity contribution in [2.45, 2.75) is 33.5 Å². The molecule has 0 bridgehead atoms. The Hall–Kier alpha value is -3.16. The Morgan fingerprint density at radius 3 is 2.64 bits per heavy atom. The second-order valence-corrected chi connectivity index (χ2v) is 5.59. The number of aryl methyl sites for hydroxylation is 2. The van der Waals surface area contributed by atoms with Crippen LogP contribution in [0.4, 0.5) is 4.79 Å². The van der Waals surface area contributed by atoms with Crippen LogP contribution in [-0.2, 0) is 19.6 Å². The van der Waals surface area contributed by atoms with Crippen molar-refractivity contribution in [3.63, 3.8) is 0 Å². The standard InChI is InChI=1S/C17H21N7O/c1-3-24-20-12-15(22-24)11-19-17(25)18-10-14-6-4-5-7-16(14)23-9-8-13(2)21-23/h4-9,12H,3,10-11H2,1-2H3,(H2,18,19,25). The average molecular weight is 339 g/mol. The maximum absolute atomic E-state index is 12.0. The van der Waals surface area contributed by atoms with Gasteiger partial charge in [-0.2, -0.15) is 20.1 Å². The maximum atomic E-state index is 12.0. The van der Waals surface area contributed by atoms with Crippen LogP contribution in [0.15, 0.2) is 42.7 Å². The van der Waals surface area contributed by atoms with Crippen molar-refractivity contribution in [1.82, 2.24) is 35.4 Å². The second kappa shape index (κ2) is 7.61. The first kappa shape index (κ1) is 16.7. The molecule has 0 aliphatic rings. The van der Waals surface area contributed by atoms with E-state index in [4.69, 9.17) is 0 Å². The van der Waals surface area contributed by atoms with Gasteiger partial charge in [0.05, 0.1) is 30.7 Å². The summed E-state index contributed by atoms with van der Waals surface area (Å²) >= 11 is 0. The third-order valence-corrected chi connectivity index (χ3v) is 3.70. The molecule has 1 aromatic carbocycles. The highest BCUT2D eigenvalue weighted by Crippen LogP contribution is 2.13. The molecule has 2 heterocycles. The lowest BCUT2D eigenvalue weighted by Gasteiger charge is -2.11. The summed E-state index contributed by atoms with van der Waals surface area (Å²) in [7, 11) is 0. The SMILES string of the molecule is CCn1ncc(CNC(=O)NCc2ccccc2-n2ccc(C)n2)n1. The molecule has 0 aliphatic heterocycles. The van der Waals surface area contributed by atoms with Crippen LogP contribution in [0.5, 0.6) is 0 Å². The Bertz CT molecular complexity index is 852. The van der Waals surface area contributed by atoms with E-state index in [1.165, 1.54) is 0 Å². The first-order valence-corrected chi connectivity index (χ1v) is 8.17. The van der Waals surface area contributed by atoms with Crippen molar-refractivity contribution in [1.29, 1.82) is 0 Å². The third kappa shape index (κ3) is 4.23. The van der Waals surface area contributed by atoms with Crippen molar-refractivity contribution in [3.05, 3.63) is 59.7 Å². The molecule has 8 heteroatoms. The predicted molar refractivity (Wildman–Crippen MR) is 93.1 cm³/mol. The molecule has 25 heavy (non-hydrogen) atoms. The summed E-state index contributed by atoms with van der Waals surface area (Å²) in [6.07, 6.45) is 3.56. The van der Waals surface area contributed by atoms with Gasteiger partial charge >= 0.3 is 6.03 Å². The number of amides is 2. The number of hydrogen-bond acceptors (Lipinski definition) is 4. The zero-order valence-corrected chi connectivity index (χ0v) is 14.3. The van der Waals surface area contributed by atoms with E-state index in [0.29, 0.717) is 19.6 Å². The molecule has 0 saturated heterocycles. The fourth-order valence-electron chi connectivity index (χ4n) is 2.41. The Kier molecular flexibility index (Phi) is 5.08. The molecule has 0 unspecified atom stereocenters. The van der Waals surface area contributed by atoms with Gasteiger partial charge < -0.3 is 10.6 Å². The van der Waals surface area contributed by atoms with Crippen LogP contribution in [0.25, 0.3) is 5.69 Å². The molecule has 0 fully saturated rings. The van der Waals surface area contributed by atoms with Gasteiger partial charge in [0.15, 0.2) is 0 Å². The smallest absolute Gasteiger partial charge is 0.315 e. The fraction of sp³-hybridized carbons (Fsp3) is 0.294. The van der Waals surface area contributed by atoms with Gasteiger partial charge in [0, 0.05) is 12.7 Å². The molecule has 0 atom stereocenters. The van der Waals surface area contributed by atoms with Crippen LogP contribution in [-0.4, -0.2) is 30.8 Å². The van der Waals surface area contributed by atoms with E-state index < -0.39 is 0 Å². The minimum Gasteiger partial charge on any atom is -0.334 e. The van der Waals surface area contributed by atoms with Gasteiger partial charge in [-0.05, 0) is 31.5 Å². The first-order chi connectivity index (χ1) is 12.2. The molecular weight excluding hydrogens is 318 g/mol. The molecular formula is C17H21N7O. The molecule has 2 N–H and O–H groups in total. The van der Waals surface area contributed by atoms with E-state index in [2.05, 4.69) is 25.9 Å². The number of aromatic nitrogens is 5. The number of nitrogens with one attached hydrogen (secondary N) is 2. The highest BCUT2D eigenvalue weighted by atomic mass is 16.2. The summed E-state index contributed by atoms with van der Waals surface area (Å²) in [6, 6.07) is 9.53. The van der Waals surface area contributed by atoms with Crippen molar-refractivity contribution < 1.29 is 4.79 Å². The van der Waals surface area contributed by atoms with E-state index in [-0.39, 0.29) is 6.03 Å². The van der Waals surface area contributed by atoms with Crippen LogP contribution in [0, 0.1) is 6.92 Å². The lowest BCUT2D eigenvalue weighted by molar-refractivity contribution is 0.240. The van der Waals surface area contributed by atoms with Gasteiger partial charge in [0.1, 0.15) is 5.69 Å². The first-order valence-electron chi connectivity index (χ1n) is 8.17. The normalized spacial score (nSPS) is 10.6. The van der Waals surface area contributed by atoms with E-state index in [1.807, 2.05) is 55.1 Å². The van der Waals surface area contributed by atoms with Crippen molar-refractivity contribution in [2.75, 3.05) is 0 Å². The largest absolute Gasteiger partial charge is 0.334 e. The van der Waals surface area contributed by atoms with Crippen molar-refractivity contribution in [2.24, 2.45) is 0 Å². The number of rotatable bonds is 6. The molecule has 0 radical (unpaired) electrons. The molecule has 0 spiro atoms. The number of carbonyl (C=O) groups excluding carboxylic acids is 1. The minimum absolute atomic E-state index is 0.252. The van der Waals surface area contributed by atoms with Crippen LogP contribution in [0.1, 0.15) is 23.9 Å². The zero-order chi connectivity index (χ0) is 17.6. The number of carbonyl (C=O) groups is 1. The molecule has 8 nitrogen and oxygen atoms in total. The average Bonchev–Trinajstić information content (AvgIpc) is 3.27. The molecule has 130 valence electrons. The van der Waals surface area contributed by atoms with Gasteiger partial charge in [-0.25, -0.2) is 9.48 Å². The zero-order valence-electron chi connectivity index (χ0n) is 14.3. The molecule has 3 rings (SSSR count). The lowest BCUT2D eigenvalue weighted by atomic mass is 10.2. The van der Waals surface area contributed by atoms with Crippen LogP contribution >= 0.6 is 0 Å². The van der Waals surface area contributed by atoms with Gasteiger partial charge in [-0.1, -0.05) is 18.2 Å². The van der Waals surface area contributed by atoms with Gasteiger partial charge in [0.25, 0.3) is 0 Å².